The van der Waals surface area contributed by atoms with E-state index in [-0.39, 0.29) is 24.1 Å². The number of thioether (sulfide) groups is 1. The fourth-order valence-electron chi connectivity index (χ4n) is 2.04. The third kappa shape index (κ3) is 5.39. The SMILES string of the molecule is Cc1ccc2c(SCCOCCOC(=O)C(C)C)cc(=O)oc2c1. The van der Waals surface area contributed by atoms with Gasteiger partial charge in [-0.05, 0) is 24.6 Å². The predicted molar refractivity (Wildman–Crippen MR) is 94.6 cm³/mol. The van der Waals surface area contributed by atoms with Crippen molar-refractivity contribution in [2.75, 3.05) is 25.6 Å². The van der Waals surface area contributed by atoms with Crippen LogP contribution in [0.4, 0.5) is 0 Å². The van der Waals surface area contributed by atoms with Crippen LogP contribution in [0.1, 0.15) is 19.4 Å². The van der Waals surface area contributed by atoms with Crippen LogP contribution in [0.2, 0.25) is 0 Å². The summed E-state index contributed by atoms with van der Waals surface area (Å²) in [5.41, 5.74) is 1.30. The van der Waals surface area contributed by atoms with Gasteiger partial charge in [0.05, 0.1) is 19.1 Å². The van der Waals surface area contributed by atoms with Gasteiger partial charge in [-0.25, -0.2) is 4.79 Å². The van der Waals surface area contributed by atoms with Crippen molar-refractivity contribution in [3.8, 4) is 0 Å². The van der Waals surface area contributed by atoms with Gasteiger partial charge in [-0.3, -0.25) is 4.79 Å². The van der Waals surface area contributed by atoms with E-state index in [1.807, 2.05) is 25.1 Å². The number of ether oxygens (including phenoxy) is 2. The molecule has 1 aromatic carbocycles. The molecule has 0 N–H and O–H groups in total. The number of hydrogen-bond donors (Lipinski definition) is 0. The summed E-state index contributed by atoms with van der Waals surface area (Å²) in [7, 11) is 0. The number of aryl methyl sites for hydroxylation is 1. The largest absolute Gasteiger partial charge is 0.463 e. The van der Waals surface area contributed by atoms with E-state index >= 15 is 0 Å². The van der Waals surface area contributed by atoms with Crippen LogP contribution in [-0.4, -0.2) is 31.5 Å². The molecule has 5 nitrogen and oxygen atoms in total. The molecule has 2 aromatic rings. The second-order valence-corrected chi connectivity index (χ2v) is 6.85. The van der Waals surface area contributed by atoms with Gasteiger partial charge < -0.3 is 13.9 Å². The zero-order valence-electron chi connectivity index (χ0n) is 14.2. The van der Waals surface area contributed by atoms with Crippen molar-refractivity contribution in [2.24, 2.45) is 5.92 Å². The summed E-state index contributed by atoms with van der Waals surface area (Å²) < 4.78 is 15.7. The first-order chi connectivity index (χ1) is 11.5. The Kier molecular flexibility index (Phi) is 6.87. The zero-order chi connectivity index (χ0) is 17.5. The highest BCUT2D eigenvalue weighted by atomic mass is 32.2. The summed E-state index contributed by atoms with van der Waals surface area (Å²) in [5.74, 6) is 0.359. The number of carbonyl (C=O) groups is 1. The standard InChI is InChI=1S/C18H22O5S/c1-12(2)18(20)22-7-6-21-8-9-24-16-11-17(19)23-15-10-13(3)4-5-14(15)16/h4-5,10-12H,6-9H2,1-3H3. The van der Waals surface area contributed by atoms with E-state index < -0.39 is 0 Å². The molecular formula is C18H22O5S. The molecular weight excluding hydrogens is 328 g/mol. The number of hydrogen-bond acceptors (Lipinski definition) is 6. The molecule has 0 saturated heterocycles. The molecule has 0 radical (unpaired) electrons. The van der Waals surface area contributed by atoms with E-state index in [4.69, 9.17) is 13.9 Å². The quantitative estimate of drug-likeness (QED) is 0.315. The minimum atomic E-state index is -0.350. The molecule has 6 heteroatoms. The lowest BCUT2D eigenvalue weighted by Gasteiger charge is -2.08. The maximum Gasteiger partial charge on any atom is 0.337 e. The lowest BCUT2D eigenvalue weighted by molar-refractivity contribution is -0.148. The van der Waals surface area contributed by atoms with Gasteiger partial charge >= 0.3 is 11.6 Å². The Hall–Kier alpha value is -1.79. The van der Waals surface area contributed by atoms with Gasteiger partial charge in [-0.2, -0.15) is 0 Å². The van der Waals surface area contributed by atoms with Crippen LogP contribution in [0.5, 0.6) is 0 Å². The molecule has 0 saturated carbocycles. The predicted octanol–water partition coefficient (Wildman–Crippen LogP) is 3.41. The van der Waals surface area contributed by atoms with Crippen LogP contribution in [0, 0.1) is 12.8 Å². The van der Waals surface area contributed by atoms with Gasteiger partial charge in [-0.1, -0.05) is 19.9 Å². The number of rotatable bonds is 8. The molecule has 0 atom stereocenters. The lowest BCUT2D eigenvalue weighted by Crippen LogP contribution is -2.15. The maximum atomic E-state index is 11.6. The second kappa shape index (κ2) is 8.89. The summed E-state index contributed by atoms with van der Waals surface area (Å²) in [5, 5.41) is 0.927. The molecule has 24 heavy (non-hydrogen) atoms. The fourth-order valence-corrected chi connectivity index (χ4v) is 2.96. The monoisotopic (exact) mass is 350 g/mol. The van der Waals surface area contributed by atoms with Gasteiger partial charge in [0, 0.05) is 22.1 Å². The lowest BCUT2D eigenvalue weighted by atomic mass is 10.2. The van der Waals surface area contributed by atoms with Gasteiger partial charge in [0.2, 0.25) is 0 Å². The summed E-state index contributed by atoms with van der Waals surface area (Å²) in [6, 6.07) is 7.32. The number of esters is 1. The van der Waals surface area contributed by atoms with Crippen molar-refractivity contribution in [3.05, 3.63) is 40.2 Å². The van der Waals surface area contributed by atoms with E-state index in [1.165, 1.54) is 6.07 Å². The summed E-state index contributed by atoms with van der Waals surface area (Å²) in [6.45, 7) is 6.69. The normalized spacial score (nSPS) is 11.2. The smallest absolute Gasteiger partial charge is 0.337 e. The van der Waals surface area contributed by atoms with Crippen LogP contribution in [0.15, 0.2) is 38.4 Å². The minimum absolute atomic E-state index is 0.123. The van der Waals surface area contributed by atoms with Crippen molar-refractivity contribution >= 4 is 28.7 Å². The first kappa shape index (κ1) is 18.5. The molecule has 0 aliphatic heterocycles. The zero-order valence-corrected chi connectivity index (χ0v) is 15.0. The first-order valence-electron chi connectivity index (χ1n) is 7.89. The molecule has 1 heterocycles. The maximum absolute atomic E-state index is 11.6. The van der Waals surface area contributed by atoms with Crippen molar-refractivity contribution in [2.45, 2.75) is 25.7 Å². The third-order valence-corrected chi connectivity index (χ3v) is 4.31. The summed E-state index contributed by atoms with van der Waals surface area (Å²) in [6.07, 6.45) is 0. The average Bonchev–Trinajstić information content (AvgIpc) is 2.52. The highest BCUT2D eigenvalue weighted by Gasteiger charge is 2.08. The molecule has 130 valence electrons. The Balaban J connectivity index is 1.80. The molecule has 0 fully saturated rings. The molecule has 0 unspecified atom stereocenters. The van der Waals surface area contributed by atoms with Crippen molar-refractivity contribution in [1.29, 1.82) is 0 Å². The van der Waals surface area contributed by atoms with Gasteiger partial charge in [0.25, 0.3) is 0 Å². The molecule has 0 spiro atoms. The molecule has 0 bridgehead atoms. The number of fused-ring (bicyclic) bond motifs is 1. The van der Waals surface area contributed by atoms with Crippen molar-refractivity contribution in [1.82, 2.24) is 0 Å². The van der Waals surface area contributed by atoms with E-state index in [0.717, 1.165) is 15.8 Å². The van der Waals surface area contributed by atoms with Crippen LogP contribution >= 0.6 is 11.8 Å². The number of benzene rings is 1. The number of carbonyl (C=O) groups excluding carboxylic acids is 1. The molecule has 1 aromatic heterocycles. The van der Waals surface area contributed by atoms with Gasteiger partial charge in [-0.15, -0.1) is 11.8 Å². The molecule has 2 rings (SSSR count). The highest BCUT2D eigenvalue weighted by molar-refractivity contribution is 7.99. The van der Waals surface area contributed by atoms with E-state index in [1.54, 1.807) is 25.6 Å². The van der Waals surface area contributed by atoms with Crippen LogP contribution in [0.25, 0.3) is 11.0 Å². The molecule has 0 amide bonds. The Morgan fingerprint density at radius 3 is 2.75 bits per heavy atom. The van der Waals surface area contributed by atoms with Crippen LogP contribution in [0.3, 0.4) is 0 Å². The van der Waals surface area contributed by atoms with Crippen LogP contribution < -0.4 is 5.63 Å². The van der Waals surface area contributed by atoms with Crippen LogP contribution in [-0.2, 0) is 14.3 Å². The van der Waals surface area contributed by atoms with Crippen molar-refractivity contribution in [3.63, 3.8) is 0 Å². The van der Waals surface area contributed by atoms with E-state index in [0.29, 0.717) is 24.5 Å². The van der Waals surface area contributed by atoms with Gasteiger partial charge in [0.1, 0.15) is 12.2 Å². The Morgan fingerprint density at radius 1 is 1.21 bits per heavy atom. The average molecular weight is 350 g/mol. The summed E-state index contributed by atoms with van der Waals surface area (Å²) in [4.78, 5) is 23.8. The summed E-state index contributed by atoms with van der Waals surface area (Å²) >= 11 is 1.55. The Labute approximate surface area is 145 Å². The third-order valence-electron chi connectivity index (χ3n) is 3.29. The van der Waals surface area contributed by atoms with E-state index in [2.05, 4.69) is 0 Å². The van der Waals surface area contributed by atoms with Gasteiger partial charge in [0.15, 0.2) is 0 Å². The first-order valence-corrected chi connectivity index (χ1v) is 8.87. The van der Waals surface area contributed by atoms with Crippen molar-refractivity contribution < 1.29 is 18.7 Å². The molecule has 0 aliphatic rings. The molecule has 0 aliphatic carbocycles. The Morgan fingerprint density at radius 2 is 2.00 bits per heavy atom. The van der Waals surface area contributed by atoms with E-state index in [9.17, 15) is 9.59 Å². The Bertz CT molecular complexity index is 751. The second-order valence-electron chi connectivity index (χ2n) is 5.71. The highest BCUT2D eigenvalue weighted by Crippen LogP contribution is 2.26. The fraction of sp³-hybridized carbons (Fsp3) is 0.444. The minimum Gasteiger partial charge on any atom is -0.463 e. The topological polar surface area (TPSA) is 65.7 Å².